The van der Waals surface area contributed by atoms with Crippen LogP contribution in [0.2, 0.25) is 0 Å². The van der Waals surface area contributed by atoms with E-state index in [1.807, 2.05) is 6.20 Å². The lowest BCUT2D eigenvalue weighted by Crippen LogP contribution is -1.99. The molecule has 0 aliphatic carbocycles. The Bertz CT molecular complexity index is 305. The summed E-state index contributed by atoms with van der Waals surface area (Å²) in [6.07, 6.45) is 5.20. The molecular weight excluding hydrogens is 134 g/mol. The molecule has 0 spiro atoms. The van der Waals surface area contributed by atoms with Crippen molar-refractivity contribution in [3.05, 3.63) is 41.6 Å². The molecule has 1 N–H and O–H groups in total. The summed E-state index contributed by atoms with van der Waals surface area (Å²) in [4.78, 5) is 0. The van der Waals surface area contributed by atoms with E-state index >= 15 is 0 Å². The monoisotopic (exact) mass is 147 g/mol. The van der Waals surface area contributed by atoms with E-state index in [9.17, 15) is 0 Å². The van der Waals surface area contributed by atoms with Gasteiger partial charge in [-0.2, -0.15) is 0 Å². The maximum atomic E-state index is 3.21. The lowest BCUT2D eigenvalue weighted by atomic mass is 10.0. The molecule has 11 heavy (non-hydrogen) atoms. The molecule has 0 amide bonds. The SMILES string of the molecule is Cc1ccc2c(c1)CC=CN2.[HH]. The van der Waals surface area contributed by atoms with Gasteiger partial charge in [0.1, 0.15) is 0 Å². The first-order valence-electron chi connectivity index (χ1n) is 3.87. The zero-order chi connectivity index (χ0) is 7.68. The molecule has 0 unspecified atom stereocenters. The fourth-order valence-electron chi connectivity index (χ4n) is 1.37. The number of anilines is 1. The molecule has 1 heterocycles. The second-order valence-corrected chi connectivity index (χ2v) is 2.91. The van der Waals surface area contributed by atoms with Crippen molar-refractivity contribution in [1.29, 1.82) is 0 Å². The van der Waals surface area contributed by atoms with Crippen LogP contribution in [0.1, 0.15) is 12.6 Å². The molecule has 0 aromatic heterocycles. The molecule has 1 nitrogen and oxygen atoms in total. The first-order valence-corrected chi connectivity index (χ1v) is 3.87. The van der Waals surface area contributed by atoms with E-state index < -0.39 is 0 Å². The first kappa shape index (κ1) is 6.47. The number of hydrogen-bond donors (Lipinski definition) is 1. The number of aryl methyl sites for hydroxylation is 1. The highest BCUT2D eigenvalue weighted by atomic mass is 14.8. The van der Waals surface area contributed by atoms with Gasteiger partial charge < -0.3 is 5.32 Å². The Balaban J connectivity index is 0.000000720. The molecule has 2 rings (SSSR count). The highest BCUT2D eigenvalue weighted by Crippen LogP contribution is 2.20. The van der Waals surface area contributed by atoms with Crippen molar-refractivity contribution in [2.24, 2.45) is 0 Å². The summed E-state index contributed by atoms with van der Waals surface area (Å²) in [5.74, 6) is 0. The first-order chi connectivity index (χ1) is 5.36. The number of nitrogens with one attached hydrogen (secondary N) is 1. The van der Waals surface area contributed by atoms with Crippen molar-refractivity contribution in [3.8, 4) is 0 Å². The maximum absolute atomic E-state index is 3.21. The van der Waals surface area contributed by atoms with Gasteiger partial charge in [-0.1, -0.05) is 23.8 Å². The Hall–Kier alpha value is -1.24. The summed E-state index contributed by atoms with van der Waals surface area (Å²) in [5.41, 5.74) is 3.98. The molecule has 1 aromatic carbocycles. The molecule has 0 saturated carbocycles. The molecule has 0 atom stereocenters. The molecule has 0 radical (unpaired) electrons. The third kappa shape index (κ3) is 1.14. The summed E-state index contributed by atoms with van der Waals surface area (Å²) >= 11 is 0. The Kier molecular flexibility index (Phi) is 1.42. The molecule has 1 heteroatoms. The smallest absolute Gasteiger partial charge is 0.0415 e. The zero-order valence-corrected chi connectivity index (χ0v) is 6.59. The van der Waals surface area contributed by atoms with E-state index in [0.717, 1.165) is 6.42 Å². The van der Waals surface area contributed by atoms with Crippen molar-refractivity contribution in [1.82, 2.24) is 0 Å². The predicted molar refractivity (Wildman–Crippen MR) is 49.8 cm³/mol. The summed E-state index contributed by atoms with van der Waals surface area (Å²) in [7, 11) is 0. The van der Waals surface area contributed by atoms with E-state index in [4.69, 9.17) is 0 Å². The van der Waals surface area contributed by atoms with Crippen molar-refractivity contribution < 1.29 is 1.43 Å². The third-order valence-electron chi connectivity index (χ3n) is 1.96. The van der Waals surface area contributed by atoms with Crippen LogP contribution >= 0.6 is 0 Å². The molecule has 58 valence electrons. The van der Waals surface area contributed by atoms with Crippen LogP contribution in [0.15, 0.2) is 30.5 Å². The van der Waals surface area contributed by atoms with Crippen molar-refractivity contribution in [2.45, 2.75) is 13.3 Å². The lowest BCUT2D eigenvalue weighted by molar-refractivity contribution is 1.21. The molecule has 0 saturated heterocycles. The fourth-order valence-corrected chi connectivity index (χ4v) is 1.37. The molecule has 1 aliphatic heterocycles. The van der Waals surface area contributed by atoms with Crippen LogP contribution in [-0.4, -0.2) is 0 Å². The van der Waals surface area contributed by atoms with Gasteiger partial charge in [0, 0.05) is 7.11 Å². The number of rotatable bonds is 0. The summed E-state index contributed by atoms with van der Waals surface area (Å²) < 4.78 is 0. The fraction of sp³-hybridized carbons (Fsp3) is 0.200. The van der Waals surface area contributed by atoms with E-state index in [1.54, 1.807) is 0 Å². The van der Waals surface area contributed by atoms with E-state index in [0.29, 0.717) is 0 Å². The van der Waals surface area contributed by atoms with E-state index in [2.05, 4.69) is 36.5 Å². The lowest BCUT2D eigenvalue weighted by Gasteiger charge is -2.12. The van der Waals surface area contributed by atoms with Gasteiger partial charge >= 0.3 is 0 Å². The second-order valence-electron chi connectivity index (χ2n) is 2.91. The van der Waals surface area contributed by atoms with Crippen LogP contribution in [0.4, 0.5) is 5.69 Å². The predicted octanol–water partition coefficient (Wildman–Crippen LogP) is 2.72. The quantitative estimate of drug-likeness (QED) is 0.595. The summed E-state index contributed by atoms with van der Waals surface area (Å²) in [5, 5.41) is 3.21. The third-order valence-corrected chi connectivity index (χ3v) is 1.96. The molecular formula is C10H13N. The van der Waals surface area contributed by atoms with Gasteiger partial charge in [0.05, 0.1) is 0 Å². The minimum absolute atomic E-state index is 0. The van der Waals surface area contributed by atoms with Crippen LogP contribution < -0.4 is 5.32 Å². The van der Waals surface area contributed by atoms with Crippen molar-refractivity contribution >= 4 is 5.69 Å². The Morgan fingerprint density at radius 1 is 1.45 bits per heavy atom. The van der Waals surface area contributed by atoms with Gasteiger partial charge in [-0.25, -0.2) is 0 Å². The minimum Gasteiger partial charge on any atom is -0.362 e. The van der Waals surface area contributed by atoms with E-state index in [-0.39, 0.29) is 1.43 Å². The summed E-state index contributed by atoms with van der Waals surface area (Å²) in [6.45, 7) is 2.12. The average molecular weight is 147 g/mol. The largest absolute Gasteiger partial charge is 0.362 e. The van der Waals surface area contributed by atoms with Crippen LogP contribution in [0.25, 0.3) is 0 Å². The van der Waals surface area contributed by atoms with Gasteiger partial charge in [0.15, 0.2) is 0 Å². The van der Waals surface area contributed by atoms with Gasteiger partial charge in [0.2, 0.25) is 0 Å². The normalized spacial score (nSPS) is 13.9. The van der Waals surface area contributed by atoms with Gasteiger partial charge in [-0.05, 0) is 31.2 Å². The van der Waals surface area contributed by atoms with Gasteiger partial charge in [-0.15, -0.1) is 0 Å². The highest BCUT2D eigenvalue weighted by molar-refractivity contribution is 5.57. The van der Waals surface area contributed by atoms with Crippen LogP contribution in [0.3, 0.4) is 0 Å². The van der Waals surface area contributed by atoms with Crippen LogP contribution in [0.5, 0.6) is 0 Å². The second kappa shape index (κ2) is 2.42. The maximum Gasteiger partial charge on any atom is 0.0415 e. The zero-order valence-electron chi connectivity index (χ0n) is 6.59. The number of hydrogen-bond acceptors (Lipinski definition) is 1. The highest BCUT2D eigenvalue weighted by Gasteiger charge is 2.02. The number of allylic oxidation sites excluding steroid dienone is 1. The van der Waals surface area contributed by atoms with Crippen molar-refractivity contribution in [3.63, 3.8) is 0 Å². The van der Waals surface area contributed by atoms with Crippen molar-refractivity contribution in [2.75, 3.05) is 5.32 Å². The summed E-state index contributed by atoms with van der Waals surface area (Å²) in [6, 6.07) is 6.49. The van der Waals surface area contributed by atoms with Gasteiger partial charge in [-0.3, -0.25) is 0 Å². The Morgan fingerprint density at radius 2 is 2.36 bits per heavy atom. The molecule has 0 fully saturated rings. The molecule has 1 aliphatic rings. The molecule has 0 bridgehead atoms. The Morgan fingerprint density at radius 3 is 3.27 bits per heavy atom. The van der Waals surface area contributed by atoms with Crippen LogP contribution in [0, 0.1) is 6.92 Å². The average Bonchev–Trinajstić information content (AvgIpc) is 2.04. The van der Waals surface area contributed by atoms with Crippen LogP contribution in [-0.2, 0) is 6.42 Å². The van der Waals surface area contributed by atoms with Gasteiger partial charge in [0.25, 0.3) is 0 Å². The topological polar surface area (TPSA) is 12.0 Å². The standard InChI is InChI=1S/C10H11N.H2/c1-8-4-5-10-9(7-8)3-2-6-11-10;/h2,4-7,11H,3H2,1H3;1H. The number of benzene rings is 1. The minimum atomic E-state index is 0. The number of fused-ring (bicyclic) bond motifs is 1. The van der Waals surface area contributed by atoms with E-state index in [1.165, 1.54) is 16.8 Å². The Labute approximate surface area is 68.2 Å². The molecule has 1 aromatic rings.